The number of esters is 1. The molecule has 2 heterocycles. The molecule has 0 aliphatic carbocycles. The molecule has 5 nitrogen and oxygen atoms in total. The van der Waals surface area contributed by atoms with E-state index in [0.29, 0.717) is 17.0 Å². The van der Waals surface area contributed by atoms with Gasteiger partial charge in [0.25, 0.3) is 0 Å². The van der Waals surface area contributed by atoms with Gasteiger partial charge in [-0.1, -0.05) is 33.4 Å². The largest absolute Gasteiger partial charge is 0.461 e. The molecule has 0 amide bonds. The van der Waals surface area contributed by atoms with Gasteiger partial charge in [0.05, 0.1) is 27.7 Å². The summed E-state index contributed by atoms with van der Waals surface area (Å²) in [6.07, 6.45) is 2.86. The second kappa shape index (κ2) is 9.02. The Bertz CT molecular complexity index is 1090. The van der Waals surface area contributed by atoms with Gasteiger partial charge < -0.3 is 4.74 Å². The number of thiazole rings is 1. The van der Waals surface area contributed by atoms with E-state index in [1.807, 2.05) is 0 Å². The molecule has 0 bridgehead atoms. The smallest absolute Gasteiger partial charge is 0.310 e. The van der Waals surface area contributed by atoms with Crippen LogP contribution >= 0.6 is 22.9 Å². The Morgan fingerprint density at radius 3 is 2.73 bits per heavy atom. The molecule has 3 aromatic rings. The van der Waals surface area contributed by atoms with Gasteiger partial charge >= 0.3 is 5.97 Å². The van der Waals surface area contributed by atoms with Crippen LogP contribution in [0, 0.1) is 5.82 Å². The standard InChI is InChI=1S/C22H21ClFN3O2S/c1-5-10-29-17(28)12-14-11-13(6-7-15(14)24)18-19(16-8-9-25-21(23)26-16)30-20(27-18)22(2,3)4/h5-9,11H,1,10,12H2,2-4H3. The molecule has 2 aromatic heterocycles. The first-order valence-electron chi connectivity index (χ1n) is 9.24. The molecule has 30 heavy (non-hydrogen) atoms. The van der Waals surface area contributed by atoms with E-state index < -0.39 is 11.8 Å². The molecular formula is C22H21ClFN3O2S. The number of nitrogens with zero attached hydrogens (tertiary/aromatic N) is 3. The zero-order valence-corrected chi connectivity index (χ0v) is 18.5. The summed E-state index contributed by atoms with van der Waals surface area (Å²) in [6, 6.07) is 6.35. The monoisotopic (exact) mass is 445 g/mol. The fourth-order valence-electron chi connectivity index (χ4n) is 2.69. The highest BCUT2D eigenvalue weighted by Gasteiger charge is 2.24. The Morgan fingerprint density at radius 2 is 2.07 bits per heavy atom. The van der Waals surface area contributed by atoms with Crippen LogP contribution in [0.3, 0.4) is 0 Å². The maximum atomic E-state index is 14.4. The molecule has 0 radical (unpaired) electrons. The van der Waals surface area contributed by atoms with Gasteiger partial charge in [0, 0.05) is 17.2 Å². The van der Waals surface area contributed by atoms with Gasteiger partial charge in [0.1, 0.15) is 12.4 Å². The number of carbonyl (C=O) groups excluding carboxylic acids is 1. The average molecular weight is 446 g/mol. The number of aromatic nitrogens is 3. The number of hydrogen-bond acceptors (Lipinski definition) is 6. The van der Waals surface area contributed by atoms with E-state index in [1.54, 1.807) is 24.4 Å². The van der Waals surface area contributed by atoms with E-state index in [9.17, 15) is 9.18 Å². The molecule has 0 fully saturated rings. The maximum Gasteiger partial charge on any atom is 0.310 e. The number of halogens is 2. The first kappa shape index (κ1) is 22.1. The minimum Gasteiger partial charge on any atom is -0.461 e. The van der Waals surface area contributed by atoms with Crippen molar-refractivity contribution in [2.24, 2.45) is 0 Å². The van der Waals surface area contributed by atoms with Crippen LogP contribution < -0.4 is 0 Å². The number of benzene rings is 1. The predicted octanol–water partition coefficient (Wildman–Crippen LogP) is 5.63. The van der Waals surface area contributed by atoms with Crippen LogP contribution in [-0.4, -0.2) is 27.5 Å². The first-order valence-corrected chi connectivity index (χ1v) is 10.4. The molecule has 3 rings (SSSR count). The molecule has 0 spiro atoms. The summed E-state index contributed by atoms with van der Waals surface area (Å²) >= 11 is 7.49. The van der Waals surface area contributed by atoms with Crippen LogP contribution in [0.15, 0.2) is 43.1 Å². The number of rotatable bonds is 6. The molecule has 0 aliphatic rings. The van der Waals surface area contributed by atoms with Gasteiger partial charge in [-0.3, -0.25) is 4.79 Å². The summed E-state index contributed by atoms with van der Waals surface area (Å²) in [5.74, 6) is -1.00. The minimum absolute atomic E-state index is 0.0831. The van der Waals surface area contributed by atoms with Crippen LogP contribution in [0.4, 0.5) is 4.39 Å². The van der Waals surface area contributed by atoms with E-state index in [2.05, 4.69) is 37.3 Å². The normalized spacial score (nSPS) is 11.4. The molecule has 0 saturated heterocycles. The summed E-state index contributed by atoms with van der Waals surface area (Å²) < 4.78 is 19.3. The van der Waals surface area contributed by atoms with Crippen molar-refractivity contribution in [1.82, 2.24) is 15.0 Å². The molecule has 1 aromatic carbocycles. The fraction of sp³-hybridized carbons (Fsp3) is 0.273. The number of carbonyl (C=O) groups is 1. The van der Waals surface area contributed by atoms with E-state index >= 15 is 0 Å². The van der Waals surface area contributed by atoms with Crippen LogP contribution in [0.2, 0.25) is 5.28 Å². The SMILES string of the molecule is C=CCOC(=O)Cc1cc(-c2nc(C(C)(C)C)sc2-c2ccnc(Cl)n2)ccc1F. The lowest BCUT2D eigenvalue weighted by Crippen LogP contribution is -2.10. The van der Waals surface area contributed by atoms with Gasteiger partial charge in [-0.15, -0.1) is 11.3 Å². The average Bonchev–Trinajstić information content (AvgIpc) is 3.14. The Labute approximate surface area is 183 Å². The lowest BCUT2D eigenvalue weighted by atomic mass is 9.98. The number of hydrogen-bond donors (Lipinski definition) is 0. The third-order valence-electron chi connectivity index (χ3n) is 4.14. The zero-order chi connectivity index (χ0) is 21.9. The van der Waals surface area contributed by atoms with Gasteiger partial charge in [-0.2, -0.15) is 0 Å². The predicted molar refractivity (Wildman–Crippen MR) is 117 cm³/mol. The highest BCUT2D eigenvalue weighted by Crippen LogP contribution is 2.40. The zero-order valence-electron chi connectivity index (χ0n) is 16.9. The highest BCUT2D eigenvalue weighted by atomic mass is 35.5. The van der Waals surface area contributed by atoms with Gasteiger partial charge in [-0.05, 0) is 41.4 Å². The Balaban J connectivity index is 2.08. The summed E-state index contributed by atoms with van der Waals surface area (Å²) in [5.41, 5.74) is 2.01. The van der Waals surface area contributed by atoms with Gasteiger partial charge in [0.2, 0.25) is 5.28 Å². The molecule has 0 saturated carbocycles. The van der Waals surface area contributed by atoms with Crippen LogP contribution in [0.1, 0.15) is 31.3 Å². The molecule has 156 valence electrons. The van der Waals surface area contributed by atoms with Gasteiger partial charge in [-0.25, -0.2) is 19.3 Å². The van der Waals surface area contributed by atoms with Crippen molar-refractivity contribution >= 4 is 28.9 Å². The number of ether oxygens (including phenoxy) is 1. The molecule has 0 aliphatic heterocycles. The van der Waals surface area contributed by atoms with Crippen LogP contribution in [-0.2, 0) is 21.4 Å². The van der Waals surface area contributed by atoms with E-state index in [4.69, 9.17) is 21.3 Å². The minimum atomic E-state index is -0.526. The third-order valence-corrected chi connectivity index (χ3v) is 5.83. The molecule has 0 atom stereocenters. The molecule has 8 heteroatoms. The van der Waals surface area contributed by atoms with Crippen molar-refractivity contribution in [3.63, 3.8) is 0 Å². The van der Waals surface area contributed by atoms with Crippen molar-refractivity contribution in [3.05, 3.63) is 64.8 Å². The van der Waals surface area contributed by atoms with E-state index in [-0.39, 0.29) is 29.3 Å². The lowest BCUT2D eigenvalue weighted by molar-refractivity contribution is -0.141. The van der Waals surface area contributed by atoms with Crippen molar-refractivity contribution in [3.8, 4) is 21.8 Å². The first-order chi connectivity index (χ1) is 14.2. The summed E-state index contributed by atoms with van der Waals surface area (Å²) in [4.78, 5) is 25.8. The third kappa shape index (κ3) is 5.09. The Kier molecular flexibility index (Phi) is 6.63. The van der Waals surface area contributed by atoms with Crippen molar-refractivity contribution in [2.45, 2.75) is 32.6 Å². The summed E-state index contributed by atoms with van der Waals surface area (Å²) in [7, 11) is 0. The molecule has 0 unspecified atom stereocenters. The Hall–Kier alpha value is -2.64. The topological polar surface area (TPSA) is 65.0 Å². The Morgan fingerprint density at radius 1 is 1.30 bits per heavy atom. The fourth-order valence-corrected chi connectivity index (χ4v) is 3.95. The highest BCUT2D eigenvalue weighted by molar-refractivity contribution is 7.15. The quantitative estimate of drug-likeness (QED) is 0.279. The lowest BCUT2D eigenvalue weighted by Gasteiger charge is -2.13. The molecule has 0 N–H and O–H groups in total. The van der Waals surface area contributed by atoms with E-state index in [0.717, 1.165) is 9.88 Å². The second-order valence-corrected chi connectivity index (χ2v) is 8.95. The van der Waals surface area contributed by atoms with Crippen molar-refractivity contribution < 1.29 is 13.9 Å². The summed E-state index contributed by atoms with van der Waals surface area (Å²) in [5, 5.41) is 1.03. The van der Waals surface area contributed by atoms with Crippen LogP contribution in [0.25, 0.3) is 21.8 Å². The second-order valence-electron chi connectivity index (χ2n) is 7.61. The van der Waals surface area contributed by atoms with Crippen LogP contribution in [0.5, 0.6) is 0 Å². The van der Waals surface area contributed by atoms with Crippen molar-refractivity contribution in [2.75, 3.05) is 6.61 Å². The summed E-state index contributed by atoms with van der Waals surface area (Å²) in [6.45, 7) is 9.79. The molecular weight excluding hydrogens is 425 g/mol. The van der Waals surface area contributed by atoms with Gasteiger partial charge in [0.15, 0.2) is 0 Å². The van der Waals surface area contributed by atoms with Crippen molar-refractivity contribution in [1.29, 1.82) is 0 Å². The van der Waals surface area contributed by atoms with E-state index in [1.165, 1.54) is 23.5 Å². The maximum absolute atomic E-state index is 14.4.